The molecule has 2 aliphatic rings. The summed E-state index contributed by atoms with van der Waals surface area (Å²) in [5, 5.41) is 3.39. The van der Waals surface area contributed by atoms with Crippen LogP contribution in [0.25, 0.3) is 0 Å². The molecule has 2 atom stereocenters. The number of likely N-dealkylation sites (tertiary alicyclic amines) is 1. The van der Waals surface area contributed by atoms with Crippen molar-refractivity contribution in [3.05, 3.63) is 28.2 Å². The number of benzene rings is 1. The molecule has 2 fully saturated rings. The Hall–Kier alpha value is -0.780. The second-order valence-corrected chi connectivity index (χ2v) is 6.86. The van der Waals surface area contributed by atoms with Crippen LogP contribution in [0, 0.1) is 18.8 Å². The molecule has 2 saturated heterocycles. The first-order valence-electron chi connectivity index (χ1n) is 7.51. The van der Waals surface area contributed by atoms with Gasteiger partial charge in [-0.25, -0.2) is 0 Å². The number of carbonyl (C=O) groups excluding carboxylic acids is 1. The van der Waals surface area contributed by atoms with E-state index in [0.29, 0.717) is 24.9 Å². The molecule has 1 N–H and O–H groups in total. The molecule has 0 radical (unpaired) electrons. The first-order chi connectivity index (χ1) is 10.1. The zero-order chi connectivity index (χ0) is 14.8. The van der Waals surface area contributed by atoms with Gasteiger partial charge in [0.15, 0.2) is 0 Å². The molecule has 2 aliphatic heterocycles. The van der Waals surface area contributed by atoms with Gasteiger partial charge in [0, 0.05) is 26.2 Å². The lowest BCUT2D eigenvalue weighted by Gasteiger charge is -2.17. The van der Waals surface area contributed by atoms with Gasteiger partial charge in [-0.2, -0.15) is 0 Å². The number of ether oxygens (including phenoxy) is 1. The maximum atomic E-state index is 12.2. The fraction of sp³-hybridized carbons (Fsp3) is 0.562. The Bertz CT molecular complexity index is 529. The van der Waals surface area contributed by atoms with Crippen molar-refractivity contribution < 1.29 is 9.53 Å². The topological polar surface area (TPSA) is 41.6 Å². The number of hydrogen-bond acceptors (Lipinski definition) is 3. The Kier molecular flexibility index (Phi) is 6.12. The third kappa shape index (κ3) is 3.94. The SMILES string of the molecule is Cc1ccc(OCCC(=O)N2C[C@H]3CNC[C@H]3C2)c(Br)c1.Cl. The van der Waals surface area contributed by atoms with Crippen molar-refractivity contribution in [2.75, 3.05) is 32.8 Å². The molecule has 6 heteroatoms. The minimum absolute atomic E-state index is 0. The normalized spacial score (nSPS) is 23.1. The summed E-state index contributed by atoms with van der Waals surface area (Å²) >= 11 is 3.49. The third-order valence-corrected chi connectivity index (χ3v) is 5.02. The van der Waals surface area contributed by atoms with Gasteiger partial charge in [-0.05, 0) is 52.4 Å². The average molecular weight is 390 g/mol. The fourth-order valence-corrected chi connectivity index (χ4v) is 3.80. The maximum absolute atomic E-state index is 12.2. The van der Waals surface area contributed by atoms with Crippen LogP contribution in [0.2, 0.25) is 0 Å². The molecule has 0 spiro atoms. The van der Waals surface area contributed by atoms with Crippen LogP contribution in [0.1, 0.15) is 12.0 Å². The van der Waals surface area contributed by atoms with Crippen molar-refractivity contribution in [3.63, 3.8) is 0 Å². The lowest BCUT2D eigenvalue weighted by Crippen LogP contribution is -2.32. The molecule has 0 aliphatic carbocycles. The molecule has 1 aromatic rings. The first kappa shape index (κ1) is 17.6. The Morgan fingerprint density at radius 2 is 2.05 bits per heavy atom. The van der Waals surface area contributed by atoms with Gasteiger partial charge in [0.05, 0.1) is 17.5 Å². The van der Waals surface area contributed by atoms with Gasteiger partial charge in [-0.3, -0.25) is 4.79 Å². The van der Waals surface area contributed by atoms with E-state index in [-0.39, 0.29) is 18.3 Å². The van der Waals surface area contributed by atoms with E-state index in [1.54, 1.807) is 0 Å². The smallest absolute Gasteiger partial charge is 0.226 e. The number of fused-ring (bicyclic) bond motifs is 1. The third-order valence-electron chi connectivity index (χ3n) is 4.40. The average Bonchev–Trinajstić information content (AvgIpc) is 3.02. The number of amides is 1. The van der Waals surface area contributed by atoms with Gasteiger partial charge in [-0.15, -0.1) is 12.4 Å². The van der Waals surface area contributed by atoms with Crippen LogP contribution >= 0.6 is 28.3 Å². The monoisotopic (exact) mass is 388 g/mol. The van der Waals surface area contributed by atoms with Crippen LogP contribution in [0.15, 0.2) is 22.7 Å². The second-order valence-electron chi connectivity index (χ2n) is 6.01. The van der Waals surface area contributed by atoms with Crippen LogP contribution in [0.5, 0.6) is 5.75 Å². The molecule has 122 valence electrons. The summed E-state index contributed by atoms with van der Waals surface area (Å²) in [6.07, 6.45) is 0.452. The van der Waals surface area contributed by atoms with Crippen LogP contribution in [-0.4, -0.2) is 43.6 Å². The summed E-state index contributed by atoms with van der Waals surface area (Å²) in [5.74, 6) is 2.32. The standard InChI is InChI=1S/C16H21BrN2O2.ClH/c1-11-2-3-15(14(17)6-11)21-5-4-16(20)19-9-12-7-18-8-13(12)10-19;/h2-3,6,12-13,18H,4-5,7-10H2,1H3;1H/t12-,13+;. The van der Waals surface area contributed by atoms with E-state index in [9.17, 15) is 4.79 Å². The summed E-state index contributed by atoms with van der Waals surface area (Å²) in [6, 6.07) is 5.97. The molecular weight excluding hydrogens is 368 g/mol. The van der Waals surface area contributed by atoms with E-state index >= 15 is 0 Å². The van der Waals surface area contributed by atoms with Gasteiger partial charge in [0.25, 0.3) is 0 Å². The summed E-state index contributed by atoms with van der Waals surface area (Å²) < 4.78 is 6.65. The molecule has 0 saturated carbocycles. The highest BCUT2D eigenvalue weighted by Crippen LogP contribution is 2.27. The minimum atomic E-state index is 0. The van der Waals surface area contributed by atoms with E-state index in [2.05, 4.69) is 21.2 Å². The number of hydrogen-bond donors (Lipinski definition) is 1. The van der Waals surface area contributed by atoms with Crippen molar-refractivity contribution in [1.82, 2.24) is 10.2 Å². The number of halogens is 2. The molecule has 1 amide bonds. The van der Waals surface area contributed by atoms with E-state index in [1.165, 1.54) is 5.56 Å². The van der Waals surface area contributed by atoms with E-state index < -0.39 is 0 Å². The zero-order valence-corrected chi connectivity index (χ0v) is 15.1. The maximum Gasteiger partial charge on any atom is 0.226 e. The van der Waals surface area contributed by atoms with Gasteiger partial charge in [-0.1, -0.05) is 6.07 Å². The molecule has 0 bridgehead atoms. The van der Waals surface area contributed by atoms with Gasteiger partial charge >= 0.3 is 0 Å². The largest absolute Gasteiger partial charge is 0.492 e. The second kappa shape index (κ2) is 7.66. The Labute approximate surface area is 146 Å². The highest BCUT2D eigenvalue weighted by atomic mass is 79.9. The molecule has 0 aromatic heterocycles. The lowest BCUT2D eigenvalue weighted by molar-refractivity contribution is -0.130. The van der Waals surface area contributed by atoms with Crippen LogP contribution in [-0.2, 0) is 4.79 Å². The van der Waals surface area contributed by atoms with Gasteiger partial charge in [0.1, 0.15) is 5.75 Å². The molecular formula is C16H22BrClN2O2. The molecule has 22 heavy (non-hydrogen) atoms. The Morgan fingerprint density at radius 3 is 2.68 bits per heavy atom. The first-order valence-corrected chi connectivity index (χ1v) is 8.30. The molecule has 0 unspecified atom stereocenters. The highest BCUT2D eigenvalue weighted by molar-refractivity contribution is 9.10. The summed E-state index contributed by atoms with van der Waals surface area (Å²) in [5.41, 5.74) is 1.18. The number of nitrogens with zero attached hydrogens (tertiary/aromatic N) is 1. The summed E-state index contributed by atoms with van der Waals surface area (Å²) in [6.45, 7) is 6.40. The van der Waals surface area contributed by atoms with E-state index in [4.69, 9.17) is 4.74 Å². The fourth-order valence-electron chi connectivity index (χ4n) is 3.19. The Morgan fingerprint density at radius 1 is 1.36 bits per heavy atom. The van der Waals surface area contributed by atoms with Crippen molar-refractivity contribution in [2.45, 2.75) is 13.3 Å². The number of carbonyl (C=O) groups is 1. The lowest BCUT2D eigenvalue weighted by atomic mass is 10.0. The number of rotatable bonds is 4. The predicted molar refractivity (Wildman–Crippen MR) is 92.7 cm³/mol. The van der Waals surface area contributed by atoms with Crippen molar-refractivity contribution >= 4 is 34.2 Å². The van der Waals surface area contributed by atoms with Crippen LogP contribution < -0.4 is 10.1 Å². The van der Waals surface area contributed by atoms with Crippen molar-refractivity contribution in [1.29, 1.82) is 0 Å². The molecule has 2 heterocycles. The molecule has 1 aromatic carbocycles. The number of nitrogens with one attached hydrogen (secondary N) is 1. The quantitative estimate of drug-likeness (QED) is 0.861. The van der Waals surface area contributed by atoms with Crippen LogP contribution in [0.3, 0.4) is 0 Å². The minimum Gasteiger partial charge on any atom is -0.492 e. The Balaban J connectivity index is 0.00000176. The summed E-state index contributed by atoms with van der Waals surface area (Å²) in [7, 11) is 0. The van der Waals surface area contributed by atoms with E-state index in [1.807, 2.05) is 30.0 Å². The summed E-state index contributed by atoms with van der Waals surface area (Å²) in [4.78, 5) is 14.2. The highest BCUT2D eigenvalue weighted by Gasteiger charge is 2.37. The zero-order valence-electron chi connectivity index (χ0n) is 12.7. The van der Waals surface area contributed by atoms with Crippen molar-refractivity contribution in [2.24, 2.45) is 11.8 Å². The molecule has 4 nitrogen and oxygen atoms in total. The molecule has 3 rings (SSSR count). The number of aryl methyl sites for hydroxylation is 1. The van der Waals surface area contributed by atoms with Crippen LogP contribution in [0.4, 0.5) is 0 Å². The van der Waals surface area contributed by atoms with Crippen molar-refractivity contribution in [3.8, 4) is 5.75 Å². The van der Waals surface area contributed by atoms with E-state index in [0.717, 1.165) is 36.4 Å². The van der Waals surface area contributed by atoms with Gasteiger partial charge < -0.3 is 15.0 Å². The van der Waals surface area contributed by atoms with Gasteiger partial charge in [0.2, 0.25) is 5.91 Å². The predicted octanol–water partition coefficient (Wildman–Crippen LogP) is 2.63.